The molecule has 0 bridgehead atoms. The highest BCUT2D eigenvalue weighted by molar-refractivity contribution is 6.29. The molecule has 0 atom stereocenters. The van der Waals surface area contributed by atoms with Crippen LogP contribution >= 0.6 is 0 Å². The van der Waals surface area contributed by atoms with Crippen molar-refractivity contribution in [2.24, 2.45) is 0 Å². The van der Waals surface area contributed by atoms with Gasteiger partial charge in [0.25, 0.3) is 0 Å². The first-order chi connectivity index (χ1) is 29.7. The van der Waals surface area contributed by atoms with E-state index in [1.807, 2.05) is 0 Å². The number of aromatic nitrogens is 2. The summed E-state index contributed by atoms with van der Waals surface area (Å²) in [5.41, 5.74) is 12.3. The molecule has 2 aromatic heterocycles. The number of hydrogen-bond acceptors (Lipinski definition) is 2. The number of benzene rings is 10. The van der Waals surface area contributed by atoms with E-state index < -0.39 is 0 Å². The molecule has 3 nitrogen and oxygen atoms in total. The highest BCUT2D eigenvalue weighted by Crippen LogP contribution is 2.43. The molecule has 0 fully saturated rings. The first kappa shape index (κ1) is 34.1. The number of pyridine rings is 1. The predicted octanol–water partition coefficient (Wildman–Crippen LogP) is 15.6. The smallest absolute Gasteiger partial charge is 0.0788 e. The highest BCUT2D eigenvalue weighted by atomic mass is 15.1. The largest absolute Gasteiger partial charge is 0.310 e. The lowest BCUT2D eigenvalue weighted by Gasteiger charge is -2.26. The minimum Gasteiger partial charge on any atom is -0.310 e. The Morgan fingerprint density at radius 1 is 0.333 bits per heavy atom. The lowest BCUT2D eigenvalue weighted by Crippen LogP contribution is -2.09. The van der Waals surface area contributed by atoms with E-state index in [1.54, 1.807) is 0 Å². The number of hydrogen-bond donors (Lipinski definition) is 0. The summed E-state index contributed by atoms with van der Waals surface area (Å²) < 4.78 is 2.39. The first-order valence-corrected chi connectivity index (χ1v) is 20.5. The molecule has 0 saturated heterocycles. The second-order valence-electron chi connectivity index (χ2n) is 15.6. The molecule has 0 spiro atoms. The molecule has 2 heterocycles. The molecule has 10 aromatic carbocycles. The van der Waals surface area contributed by atoms with E-state index >= 15 is 0 Å². The van der Waals surface area contributed by atoms with E-state index in [9.17, 15) is 0 Å². The minimum atomic E-state index is 0.991. The van der Waals surface area contributed by atoms with Crippen molar-refractivity contribution >= 4 is 82.1 Å². The minimum absolute atomic E-state index is 0.991. The molecule has 0 aliphatic rings. The Labute approximate surface area is 347 Å². The molecular formula is C57H37N3. The summed E-state index contributed by atoms with van der Waals surface area (Å²) in [5.74, 6) is 0. The third-order valence-corrected chi connectivity index (χ3v) is 12.1. The predicted molar refractivity (Wildman–Crippen MR) is 254 cm³/mol. The molecule has 0 aliphatic carbocycles. The standard InChI is InChI=1S/C57H37N3/c1-2-16-45(17-3-1)60-53-21-11-9-19-50(53)56-54(60)35-34-51-55(56)49-18-8-10-20-52(49)58-57(51)42-24-22-40(23-25-42)41-26-30-46(31-27-41)59(47-32-28-38-12-4-6-14-43(38)36-47)48-33-29-39-13-5-7-15-44(39)37-48/h1-37H. The van der Waals surface area contributed by atoms with Crippen molar-refractivity contribution < 1.29 is 0 Å². The molecule has 0 radical (unpaired) electrons. The van der Waals surface area contributed by atoms with Gasteiger partial charge in [0.1, 0.15) is 0 Å². The Morgan fingerprint density at radius 3 is 1.55 bits per heavy atom. The third kappa shape index (κ3) is 5.55. The van der Waals surface area contributed by atoms with Crippen molar-refractivity contribution in [1.29, 1.82) is 0 Å². The van der Waals surface area contributed by atoms with Gasteiger partial charge in [-0.2, -0.15) is 0 Å². The summed E-state index contributed by atoms with van der Waals surface area (Å²) in [7, 11) is 0. The fourth-order valence-corrected chi connectivity index (χ4v) is 9.28. The van der Waals surface area contributed by atoms with Crippen LogP contribution in [0, 0.1) is 0 Å². The second-order valence-corrected chi connectivity index (χ2v) is 15.6. The van der Waals surface area contributed by atoms with Crippen LogP contribution in [-0.2, 0) is 0 Å². The monoisotopic (exact) mass is 763 g/mol. The molecule has 0 amide bonds. The maximum absolute atomic E-state index is 5.34. The molecule has 280 valence electrons. The summed E-state index contributed by atoms with van der Waals surface area (Å²) in [6.45, 7) is 0. The Kier molecular flexibility index (Phi) is 7.85. The first-order valence-electron chi connectivity index (χ1n) is 20.5. The number of para-hydroxylation sites is 3. The van der Waals surface area contributed by atoms with Crippen molar-refractivity contribution in [2.75, 3.05) is 4.90 Å². The van der Waals surface area contributed by atoms with E-state index in [0.717, 1.165) is 61.4 Å². The summed E-state index contributed by atoms with van der Waals surface area (Å²) >= 11 is 0. The molecule has 0 unspecified atom stereocenters. The Morgan fingerprint density at radius 2 is 0.867 bits per heavy atom. The maximum Gasteiger partial charge on any atom is 0.0788 e. The summed E-state index contributed by atoms with van der Waals surface area (Å²) in [4.78, 5) is 7.70. The lowest BCUT2D eigenvalue weighted by molar-refractivity contribution is 1.18. The quantitative estimate of drug-likeness (QED) is 0.157. The van der Waals surface area contributed by atoms with E-state index in [0.29, 0.717) is 0 Å². The van der Waals surface area contributed by atoms with Gasteiger partial charge in [0, 0.05) is 55.2 Å². The summed E-state index contributed by atoms with van der Waals surface area (Å²) in [5, 5.41) is 10.9. The summed E-state index contributed by atoms with van der Waals surface area (Å²) in [6.07, 6.45) is 0. The topological polar surface area (TPSA) is 21.1 Å². The zero-order valence-corrected chi connectivity index (χ0v) is 32.7. The van der Waals surface area contributed by atoms with Crippen LogP contribution in [0.4, 0.5) is 17.1 Å². The van der Waals surface area contributed by atoms with Gasteiger partial charge in [-0.25, -0.2) is 4.98 Å². The fraction of sp³-hybridized carbons (Fsp3) is 0. The van der Waals surface area contributed by atoms with E-state index in [-0.39, 0.29) is 0 Å². The van der Waals surface area contributed by atoms with Crippen molar-refractivity contribution in [3.05, 3.63) is 224 Å². The highest BCUT2D eigenvalue weighted by Gasteiger charge is 2.20. The van der Waals surface area contributed by atoms with Gasteiger partial charge >= 0.3 is 0 Å². The van der Waals surface area contributed by atoms with Gasteiger partial charge in [-0.3, -0.25) is 0 Å². The molecule has 0 aliphatic heterocycles. The zero-order valence-electron chi connectivity index (χ0n) is 32.7. The molecule has 60 heavy (non-hydrogen) atoms. The van der Waals surface area contributed by atoms with Crippen molar-refractivity contribution in [3.8, 4) is 28.1 Å². The number of fused-ring (bicyclic) bond motifs is 9. The van der Waals surface area contributed by atoms with E-state index in [1.165, 1.54) is 48.7 Å². The molecule has 3 heteroatoms. The zero-order chi connectivity index (χ0) is 39.6. The Bertz CT molecular complexity index is 3510. The van der Waals surface area contributed by atoms with E-state index in [2.05, 4.69) is 234 Å². The average Bonchev–Trinajstić information content (AvgIpc) is 3.66. The second kappa shape index (κ2) is 13.8. The van der Waals surface area contributed by atoms with Gasteiger partial charge in [-0.05, 0) is 99.4 Å². The maximum atomic E-state index is 5.34. The average molecular weight is 764 g/mol. The van der Waals surface area contributed by atoms with Crippen LogP contribution in [-0.4, -0.2) is 9.55 Å². The van der Waals surface area contributed by atoms with Crippen molar-refractivity contribution in [1.82, 2.24) is 9.55 Å². The number of anilines is 3. The van der Waals surface area contributed by atoms with Gasteiger partial charge in [0.05, 0.1) is 22.2 Å². The van der Waals surface area contributed by atoms with Crippen LogP contribution in [0.3, 0.4) is 0 Å². The third-order valence-electron chi connectivity index (χ3n) is 12.1. The number of rotatable bonds is 6. The van der Waals surface area contributed by atoms with Crippen LogP contribution < -0.4 is 4.90 Å². The van der Waals surface area contributed by atoms with Gasteiger partial charge < -0.3 is 9.47 Å². The van der Waals surface area contributed by atoms with Gasteiger partial charge in [0.15, 0.2) is 0 Å². The normalized spacial score (nSPS) is 11.7. The number of nitrogens with zero attached hydrogens (tertiary/aromatic N) is 3. The molecule has 0 saturated carbocycles. The fourth-order valence-electron chi connectivity index (χ4n) is 9.28. The van der Waals surface area contributed by atoms with Gasteiger partial charge in [0.2, 0.25) is 0 Å². The summed E-state index contributed by atoms with van der Waals surface area (Å²) in [6, 6.07) is 81.0. The molecule has 12 rings (SSSR count). The van der Waals surface area contributed by atoms with E-state index in [4.69, 9.17) is 4.98 Å². The molecule has 0 N–H and O–H groups in total. The van der Waals surface area contributed by atoms with Crippen LogP contribution in [0.2, 0.25) is 0 Å². The van der Waals surface area contributed by atoms with Crippen LogP contribution in [0.1, 0.15) is 0 Å². The van der Waals surface area contributed by atoms with Crippen LogP contribution in [0.25, 0.3) is 93.1 Å². The Hall–Kier alpha value is -8.01. The Balaban J connectivity index is 0.954. The lowest BCUT2D eigenvalue weighted by atomic mass is 9.95. The van der Waals surface area contributed by atoms with Gasteiger partial charge in [-0.15, -0.1) is 0 Å². The SMILES string of the molecule is c1ccc(-n2c3ccccc3c3c4c(ccc32)c(-c2ccc(-c3ccc(N(c5ccc6ccccc6c5)c5ccc6ccccc6c5)cc3)cc2)nc2ccccc24)cc1. The van der Waals surface area contributed by atoms with Crippen molar-refractivity contribution in [2.45, 2.75) is 0 Å². The molecular weight excluding hydrogens is 727 g/mol. The molecule has 12 aromatic rings. The van der Waals surface area contributed by atoms with Gasteiger partial charge in [-0.1, -0.05) is 158 Å². The van der Waals surface area contributed by atoms with Crippen molar-refractivity contribution in [3.63, 3.8) is 0 Å². The van der Waals surface area contributed by atoms with Crippen LogP contribution in [0.5, 0.6) is 0 Å². The van der Waals surface area contributed by atoms with Crippen LogP contribution in [0.15, 0.2) is 224 Å².